The smallest absolute Gasteiger partial charge is 0.0766 e. The molecular weight excluding hydrogens is 326 g/mol. The molecule has 114 valence electrons. The summed E-state index contributed by atoms with van der Waals surface area (Å²) < 4.78 is 3.17. The van der Waals surface area contributed by atoms with E-state index in [1.807, 2.05) is 18.8 Å². The lowest BCUT2D eigenvalue weighted by Crippen LogP contribution is -2.31. The number of halogens is 1. The molecule has 0 aliphatic carbocycles. The quantitative estimate of drug-likeness (QED) is 0.865. The van der Waals surface area contributed by atoms with Gasteiger partial charge >= 0.3 is 0 Å². The molecular formula is C17H24BrN3. The number of benzene rings is 1. The summed E-state index contributed by atoms with van der Waals surface area (Å²) in [5.74, 6) is 0. The average molecular weight is 350 g/mol. The second-order valence-corrected chi connectivity index (χ2v) is 6.30. The molecule has 0 saturated carbocycles. The largest absolute Gasteiger partial charge is 0.316 e. The molecule has 0 bridgehead atoms. The summed E-state index contributed by atoms with van der Waals surface area (Å²) in [4.78, 5) is 0. The minimum Gasteiger partial charge on any atom is -0.316 e. The molecule has 4 heteroatoms. The van der Waals surface area contributed by atoms with Crippen molar-refractivity contribution < 1.29 is 0 Å². The van der Waals surface area contributed by atoms with Crippen molar-refractivity contribution in [1.29, 1.82) is 0 Å². The Kier molecular flexibility index (Phi) is 5.59. The molecule has 0 radical (unpaired) electrons. The number of rotatable bonds is 6. The zero-order valence-electron chi connectivity index (χ0n) is 13.3. The number of aromatic nitrogens is 2. The molecule has 0 amide bonds. The Labute approximate surface area is 135 Å². The third-order valence-electron chi connectivity index (χ3n) is 4.08. The zero-order chi connectivity index (χ0) is 15.4. The standard InChI is InChI=1S/C17H24BrN3/c1-5-15-17(18)16(21(4)20-15)11-14(19-3)10-13-9-7-6-8-12(13)2/h6-9,14,19H,5,10-11H2,1-4H3. The third-order valence-corrected chi connectivity index (χ3v) is 4.99. The number of hydrogen-bond acceptors (Lipinski definition) is 2. The van der Waals surface area contributed by atoms with Crippen molar-refractivity contribution in [3.63, 3.8) is 0 Å². The maximum atomic E-state index is 4.58. The van der Waals surface area contributed by atoms with Crippen LogP contribution in [0, 0.1) is 6.92 Å². The van der Waals surface area contributed by atoms with Crippen LogP contribution in [-0.2, 0) is 26.3 Å². The Morgan fingerprint density at radius 1 is 1.29 bits per heavy atom. The summed E-state index contributed by atoms with van der Waals surface area (Å²) in [6.45, 7) is 4.32. The lowest BCUT2D eigenvalue weighted by molar-refractivity contribution is 0.531. The van der Waals surface area contributed by atoms with Crippen molar-refractivity contribution in [3.8, 4) is 0 Å². The fraction of sp³-hybridized carbons (Fsp3) is 0.471. The van der Waals surface area contributed by atoms with Crippen molar-refractivity contribution in [2.24, 2.45) is 7.05 Å². The number of nitrogens with one attached hydrogen (secondary N) is 1. The summed E-state index contributed by atoms with van der Waals surface area (Å²) in [5, 5.41) is 8.03. The normalized spacial score (nSPS) is 12.6. The molecule has 0 aliphatic rings. The Morgan fingerprint density at radius 3 is 2.57 bits per heavy atom. The Balaban J connectivity index is 2.16. The zero-order valence-corrected chi connectivity index (χ0v) is 14.9. The SMILES string of the molecule is CCc1nn(C)c(CC(Cc2ccccc2C)NC)c1Br. The number of aryl methyl sites for hydroxylation is 3. The van der Waals surface area contributed by atoms with E-state index in [0.29, 0.717) is 6.04 Å². The second kappa shape index (κ2) is 7.23. The van der Waals surface area contributed by atoms with Crippen molar-refractivity contribution in [1.82, 2.24) is 15.1 Å². The molecule has 0 spiro atoms. The lowest BCUT2D eigenvalue weighted by atomic mass is 9.98. The molecule has 2 aromatic rings. The van der Waals surface area contributed by atoms with Gasteiger partial charge in [-0.15, -0.1) is 0 Å². The summed E-state index contributed by atoms with van der Waals surface area (Å²) in [7, 11) is 4.06. The fourth-order valence-corrected chi connectivity index (χ4v) is 3.43. The van der Waals surface area contributed by atoms with Crippen molar-refractivity contribution in [2.75, 3.05) is 7.05 Å². The van der Waals surface area contributed by atoms with Crippen molar-refractivity contribution in [3.05, 3.63) is 51.3 Å². The molecule has 1 atom stereocenters. The molecule has 0 aliphatic heterocycles. The first-order valence-corrected chi connectivity index (χ1v) is 8.28. The van der Waals surface area contributed by atoms with E-state index >= 15 is 0 Å². The van der Waals surface area contributed by atoms with Crippen LogP contribution in [0.2, 0.25) is 0 Å². The van der Waals surface area contributed by atoms with Crippen LogP contribution in [0.15, 0.2) is 28.7 Å². The monoisotopic (exact) mass is 349 g/mol. The first-order valence-electron chi connectivity index (χ1n) is 7.48. The summed E-state index contributed by atoms with van der Waals surface area (Å²) in [6, 6.07) is 9.01. The van der Waals surface area contributed by atoms with Gasteiger partial charge in [0.2, 0.25) is 0 Å². The van der Waals surface area contributed by atoms with Gasteiger partial charge in [0, 0.05) is 19.5 Å². The van der Waals surface area contributed by atoms with Gasteiger partial charge < -0.3 is 5.32 Å². The van der Waals surface area contributed by atoms with Crippen LogP contribution in [0.3, 0.4) is 0 Å². The van der Waals surface area contributed by atoms with Crippen LogP contribution in [0.1, 0.15) is 29.4 Å². The van der Waals surface area contributed by atoms with Gasteiger partial charge in [-0.1, -0.05) is 31.2 Å². The van der Waals surface area contributed by atoms with E-state index in [2.05, 4.69) is 64.5 Å². The lowest BCUT2D eigenvalue weighted by Gasteiger charge is -2.18. The van der Waals surface area contributed by atoms with Gasteiger partial charge in [0.15, 0.2) is 0 Å². The second-order valence-electron chi connectivity index (χ2n) is 5.50. The predicted molar refractivity (Wildman–Crippen MR) is 91.7 cm³/mol. The molecule has 3 nitrogen and oxygen atoms in total. The van der Waals surface area contributed by atoms with Crippen molar-refractivity contribution >= 4 is 15.9 Å². The predicted octanol–water partition coefficient (Wildman–Crippen LogP) is 3.43. The van der Waals surface area contributed by atoms with Gasteiger partial charge in [0.25, 0.3) is 0 Å². The van der Waals surface area contributed by atoms with Gasteiger partial charge in [0.05, 0.1) is 15.9 Å². The van der Waals surface area contributed by atoms with Crippen LogP contribution < -0.4 is 5.32 Å². The highest BCUT2D eigenvalue weighted by atomic mass is 79.9. The van der Waals surface area contributed by atoms with Crippen molar-refractivity contribution in [2.45, 2.75) is 39.2 Å². The summed E-state index contributed by atoms with van der Waals surface area (Å²) in [6.07, 6.45) is 2.95. The molecule has 21 heavy (non-hydrogen) atoms. The first-order chi connectivity index (χ1) is 10.1. The van der Waals surface area contributed by atoms with E-state index in [-0.39, 0.29) is 0 Å². The summed E-state index contributed by atoms with van der Waals surface area (Å²) in [5.41, 5.74) is 5.17. The minimum atomic E-state index is 0.405. The third kappa shape index (κ3) is 3.74. The van der Waals surface area contributed by atoms with Crippen LogP contribution in [0.5, 0.6) is 0 Å². The average Bonchev–Trinajstić information content (AvgIpc) is 2.75. The maximum absolute atomic E-state index is 4.58. The van der Waals surface area contributed by atoms with Crippen LogP contribution >= 0.6 is 15.9 Å². The number of nitrogens with zero attached hydrogens (tertiary/aromatic N) is 2. The molecule has 1 aromatic heterocycles. The van der Waals surface area contributed by atoms with E-state index < -0.39 is 0 Å². The van der Waals surface area contributed by atoms with Gasteiger partial charge in [-0.25, -0.2) is 0 Å². The van der Waals surface area contributed by atoms with Gasteiger partial charge in [-0.05, 0) is 53.9 Å². The molecule has 2 rings (SSSR count). The Bertz CT molecular complexity index is 604. The molecule has 0 fully saturated rings. The highest BCUT2D eigenvalue weighted by molar-refractivity contribution is 9.10. The molecule has 1 N–H and O–H groups in total. The van der Waals surface area contributed by atoms with Gasteiger partial charge in [-0.2, -0.15) is 5.10 Å². The Morgan fingerprint density at radius 2 is 2.00 bits per heavy atom. The topological polar surface area (TPSA) is 29.9 Å². The van der Waals surface area contributed by atoms with E-state index in [0.717, 1.165) is 29.4 Å². The highest BCUT2D eigenvalue weighted by Crippen LogP contribution is 2.23. The molecule has 1 aromatic carbocycles. The van der Waals surface area contributed by atoms with E-state index in [1.165, 1.54) is 16.8 Å². The van der Waals surface area contributed by atoms with Gasteiger partial charge in [-0.3, -0.25) is 4.68 Å². The molecule has 1 unspecified atom stereocenters. The maximum Gasteiger partial charge on any atom is 0.0766 e. The number of hydrogen-bond donors (Lipinski definition) is 1. The number of likely N-dealkylation sites (N-methyl/N-ethyl adjacent to an activating group) is 1. The summed E-state index contributed by atoms with van der Waals surface area (Å²) >= 11 is 3.71. The van der Waals surface area contributed by atoms with Gasteiger partial charge in [0.1, 0.15) is 0 Å². The van der Waals surface area contributed by atoms with E-state index in [4.69, 9.17) is 0 Å². The highest BCUT2D eigenvalue weighted by Gasteiger charge is 2.17. The minimum absolute atomic E-state index is 0.405. The first kappa shape index (κ1) is 16.2. The molecule has 0 saturated heterocycles. The van der Waals surface area contributed by atoms with E-state index in [1.54, 1.807) is 0 Å². The molecule has 1 heterocycles. The van der Waals surface area contributed by atoms with Crippen LogP contribution in [0.4, 0.5) is 0 Å². The fourth-order valence-electron chi connectivity index (χ4n) is 2.66. The van der Waals surface area contributed by atoms with Crippen LogP contribution in [-0.4, -0.2) is 22.9 Å². The van der Waals surface area contributed by atoms with E-state index in [9.17, 15) is 0 Å². The Hall–Kier alpha value is -1.13. The van der Waals surface area contributed by atoms with Crippen LogP contribution in [0.25, 0.3) is 0 Å².